The van der Waals surface area contributed by atoms with E-state index in [2.05, 4.69) is 0 Å². The molecule has 66 valence electrons. The van der Waals surface area contributed by atoms with E-state index in [1.807, 2.05) is 0 Å². The van der Waals surface area contributed by atoms with Crippen LogP contribution >= 0.6 is 11.6 Å². The Balaban J connectivity index is 2.20. The van der Waals surface area contributed by atoms with Crippen molar-refractivity contribution in [3.63, 3.8) is 0 Å². The second-order valence-electron chi connectivity index (χ2n) is 3.71. The lowest BCUT2D eigenvalue weighted by molar-refractivity contribution is -0.117. The van der Waals surface area contributed by atoms with Gasteiger partial charge in [-0.25, -0.2) is 0 Å². The molecule has 12 heavy (non-hydrogen) atoms. The molecule has 0 bridgehead atoms. The molecular formula is C10H13ClO. The third-order valence-corrected chi connectivity index (χ3v) is 3.30. The summed E-state index contributed by atoms with van der Waals surface area (Å²) in [7, 11) is 0. The van der Waals surface area contributed by atoms with Crippen molar-refractivity contribution in [2.75, 3.05) is 5.88 Å². The Hall–Kier alpha value is -0.300. The number of hydrogen-bond acceptors (Lipinski definition) is 1. The highest BCUT2D eigenvalue weighted by Gasteiger charge is 2.32. The van der Waals surface area contributed by atoms with Crippen LogP contribution in [-0.2, 0) is 4.79 Å². The molecule has 2 aliphatic rings. The monoisotopic (exact) mass is 184 g/mol. The van der Waals surface area contributed by atoms with Gasteiger partial charge in [0.05, 0.1) is 0 Å². The van der Waals surface area contributed by atoms with E-state index in [9.17, 15) is 4.79 Å². The fraction of sp³-hybridized carbons (Fsp3) is 0.700. The molecule has 0 aromatic carbocycles. The predicted octanol–water partition coefficient (Wildman–Crippen LogP) is 2.68. The van der Waals surface area contributed by atoms with Crippen LogP contribution in [0.2, 0.25) is 0 Å². The van der Waals surface area contributed by atoms with E-state index in [0.717, 1.165) is 24.8 Å². The molecule has 2 rings (SSSR count). The fourth-order valence-corrected chi connectivity index (χ4v) is 2.50. The van der Waals surface area contributed by atoms with Gasteiger partial charge in [0.1, 0.15) is 0 Å². The molecule has 0 radical (unpaired) electrons. The number of allylic oxidation sites excluding steroid dienone is 2. The first-order chi connectivity index (χ1) is 5.83. The SMILES string of the molecule is O=C1C2=C(CCCC2)CC1CCl. The van der Waals surface area contributed by atoms with Gasteiger partial charge in [-0.3, -0.25) is 4.79 Å². The number of carbonyl (C=O) groups is 1. The van der Waals surface area contributed by atoms with Crippen LogP contribution in [-0.4, -0.2) is 11.7 Å². The molecule has 1 atom stereocenters. The van der Waals surface area contributed by atoms with Gasteiger partial charge >= 0.3 is 0 Å². The standard InChI is InChI=1S/C10H13ClO/c11-6-8-5-7-3-1-2-4-9(7)10(8)12/h8H,1-6H2. The maximum absolute atomic E-state index is 11.6. The van der Waals surface area contributed by atoms with Crippen LogP contribution < -0.4 is 0 Å². The first kappa shape index (κ1) is 8.31. The van der Waals surface area contributed by atoms with Gasteiger partial charge in [-0.2, -0.15) is 0 Å². The molecule has 0 saturated carbocycles. The molecular weight excluding hydrogens is 172 g/mol. The van der Waals surface area contributed by atoms with E-state index in [1.54, 1.807) is 0 Å². The number of carbonyl (C=O) groups excluding carboxylic acids is 1. The number of ketones is 1. The Labute approximate surface area is 77.8 Å². The molecule has 2 aliphatic carbocycles. The third kappa shape index (κ3) is 1.20. The van der Waals surface area contributed by atoms with E-state index in [0.29, 0.717) is 11.7 Å². The summed E-state index contributed by atoms with van der Waals surface area (Å²) in [5.74, 6) is 0.973. The van der Waals surface area contributed by atoms with E-state index in [-0.39, 0.29) is 5.92 Å². The highest BCUT2D eigenvalue weighted by molar-refractivity contribution is 6.20. The third-order valence-electron chi connectivity index (χ3n) is 2.93. The van der Waals surface area contributed by atoms with Crippen molar-refractivity contribution in [2.24, 2.45) is 5.92 Å². The molecule has 0 aromatic heterocycles. The Bertz CT molecular complexity index is 242. The zero-order valence-corrected chi connectivity index (χ0v) is 7.86. The Morgan fingerprint density at radius 3 is 2.75 bits per heavy atom. The second-order valence-corrected chi connectivity index (χ2v) is 4.02. The van der Waals surface area contributed by atoms with Crippen LogP contribution in [0.3, 0.4) is 0 Å². The van der Waals surface area contributed by atoms with Gasteiger partial charge in [0.2, 0.25) is 0 Å². The molecule has 0 amide bonds. The summed E-state index contributed by atoms with van der Waals surface area (Å²) in [5.41, 5.74) is 2.55. The summed E-state index contributed by atoms with van der Waals surface area (Å²) >= 11 is 5.72. The lowest BCUT2D eigenvalue weighted by Gasteiger charge is -2.11. The average Bonchev–Trinajstić information content (AvgIpc) is 2.44. The number of halogens is 1. The molecule has 1 unspecified atom stereocenters. The predicted molar refractivity (Wildman–Crippen MR) is 49.3 cm³/mol. The maximum atomic E-state index is 11.6. The van der Waals surface area contributed by atoms with Crippen molar-refractivity contribution in [1.29, 1.82) is 0 Å². The highest BCUT2D eigenvalue weighted by Crippen LogP contribution is 2.38. The molecule has 2 heteroatoms. The molecule has 1 nitrogen and oxygen atoms in total. The summed E-state index contributed by atoms with van der Waals surface area (Å²) in [5, 5.41) is 0. The van der Waals surface area contributed by atoms with Crippen molar-refractivity contribution in [3.8, 4) is 0 Å². The fourth-order valence-electron chi connectivity index (χ4n) is 2.25. The Kier molecular flexibility index (Phi) is 2.22. The summed E-state index contributed by atoms with van der Waals surface area (Å²) in [6.07, 6.45) is 5.58. The summed E-state index contributed by atoms with van der Waals surface area (Å²) in [6, 6.07) is 0. The van der Waals surface area contributed by atoms with Crippen LogP contribution in [0.5, 0.6) is 0 Å². The van der Waals surface area contributed by atoms with Crippen molar-refractivity contribution in [3.05, 3.63) is 11.1 Å². The van der Waals surface area contributed by atoms with Crippen LogP contribution in [0, 0.1) is 5.92 Å². The minimum Gasteiger partial charge on any atom is -0.294 e. The van der Waals surface area contributed by atoms with Gasteiger partial charge in [-0.05, 0) is 37.7 Å². The van der Waals surface area contributed by atoms with Crippen molar-refractivity contribution >= 4 is 17.4 Å². The topological polar surface area (TPSA) is 17.1 Å². The molecule has 0 N–H and O–H groups in total. The molecule has 0 heterocycles. The Morgan fingerprint density at radius 2 is 2.08 bits per heavy atom. The number of rotatable bonds is 1. The second kappa shape index (κ2) is 3.21. The largest absolute Gasteiger partial charge is 0.294 e. The zero-order valence-electron chi connectivity index (χ0n) is 7.11. The molecule has 0 spiro atoms. The summed E-state index contributed by atoms with van der Waals surface area (Å²) < 4.78 is 0. The van der Waals surface area contributed by atoms with E-state index < -0.39 is 0 Å². The van der Waals surface area contributed by atoms with Gasteiger partial charge in [0.25, 0.3) is 0 Å². The van der Waals surface area contributed by atoms with Gasteiger partial charge in [0.15, 0.2) is 5.78 Å². The van der Waals surface area contributed by atoms with Gasteiger partial charge < -0.3 is 0 Å². The maximum Gasteiger partial charge on any atom is 0.163 e. The van der Waals surface area contributed by atoms with Crippen LogP contribution in [0.1, 0.15) is 32.1 Å². The van der Waals surface area contributed by atoms with Crippen LogP contribution in [0.15, 0.2) is 11.1 Å². The van der Waals surface area contributed by atoms with E-state index in [1.165, 1.54) is 18.4 Å². The Morgan fingerprint density at radius 1 is 1.33 bits per heavy atom. The van der Waals surface area contributed by atoms with Crippen molar-refractivity contribution in [1.82, 2.24) is 0 Å². The molecule has 0 aromatic rings. The van der Waals surface area contributed by atoms with Gasteiger partial charge in [-0.15, -0.1) is 11.6 Å². The van der Waals surface area contributed by atoms with E-state index in [4.69, 9.17) is 11.6 Å². The molecule has 0 fully saturated rings. The molecule has 0 saturated heterocycles. The lowest BCUT2D eigenvalue weighted by Crippen LogP contribution is -2.11. The number of Topliss-reactive ketones (excluding diaryl/α,β-unsaturated/α-hetero) is 1. The normalized spacial score (nSPS) is 29.4. The minimum atomic E-state index is 0.120. The van der Waals surface area contributed by atoms with Crippen molar-refractivity contribution < 1.29 is 4.79 Å². The highest BCUT2D eigenvalue weighted by atomic mass is 35.5. The van der Waals surface area contributed by atoms with Gasteiger partial charge in [-0.1, -0.05) is 5.57 Å². The van der Waals surface area contributed by atoms with Crippen molar-refractivity contribution in [2.45, 2.75) is 32.1 Å². The van der Waals surface area contributed by atoms with Crippen LogP contribution in [0.4, 0.5) is 0 Å². The number of hydrogen-bond donors (Lipinski definition) is 0. The first-order valence-corrected chi connectivity index (χ1v) is 5.17. The van der Waals surface area contributed by atoms with E-state index >= 15 is 0 Å². The van der Waals surface area contributed by atoms with Crippen LogP contribution in [0.25, 0.3) is 0 Å². The molecule has 0 aliphatic heterocycles. The lowest BCUT2D eigenvalue weighted by atomic mass is 9.94. The van der Waals surface area contributed by atoms with Gasteiger partial charge in [0, 0.05) is 11.8 Å². The quantitative estimate of drug-likeness (QED) is 0.573. The smallest absolute Gasteiger partial charge is 0.163 e. The number of alkyl halides is 1. The zero-order chi connectivity index (χ0) is 8.55. The first-order valence-electron chi connectivity index (χ1n) is 4.64. The average molecular weight is 185 g/mol. The summed E-state index contributed by atoms with van der Waals surface area (Å²) in [6.45, 7) is 0. The summed E-state index contributed by atoms with van der Waals surface area (Å²) in [4.78, 5) is 11.6. The minimum absolute atomic E-state index is 0.120.